The van der Waals surface area contributed by atoms with Gasteiger partial charge >= 0.3 is 0 Å². The summed E-state index contributed by atoms with van der Waals surface area (Å²) >= 11 is 0. The van der Waals surface area contributed by atoms with E-state index >= 15 is 0 Å². The number of hydrogen-bond donors (Lipinski definition) is 1. The van der Waals surface area contributed by atoms with Crippen molar-refractivity contribution >= 4 is 0 Å². The van der Waals surface area contributed by atoms with Crippen LogP contribution in [0.25, 0.3) is 0 Å². The summed E-state index contributed by atoms with van der Waals surface area (Å²) < 4.78 is 5.43. The van der Waals surface area contributed by atoms with Crippen molar-refractivity contribution in [2.45, 2.75) is 32.6 Å². The Balaban J connectivity index is 2.18. The van der Waals surface area contributed by atoms with Gasteiger partial charge in [0.25, 0.3) is 0 Å². The lowest BCUT2D eigenvalue weighted by molar-refractivity contribution is 0.446. The molecule has 1 aliphatic heterocycles. The van der Waals surface area contributed by atoms with Crippen LogP contribution in [0.5, 0.6) is 0 Å². The first kappa shape index (κ1) is 8.75. The Hall–Kier alpha value is -0.830. The van der Waals surface area contributed by atoms with E-state index in [1.807, 2.05) is 13.8 Å². The van der Waals surface area contributed by atoms with E-state index in [4.69, 9.17) is 4.42 Å². The highest BCUT2D eigenvalue weighted by molar-refractivity contribution is 5.14. The van der Waals surface area contributed by atoms with Gasteiger partial charge in [0, 0.05) is 19.4 Å². The third kappa shape index (κ3) is 1.75. The van der Waals surface area contributed by atoms with Crippen molar-refractivity contribution in [3.05, 3.63) is 17.3 Å². The topological polar surface area (TPSA) is 38.1 Å². The van der Waals surface area contributed by atoms with E-state index in [1.54, 1.807) is 0 Å². The van der Waals surface area contributed by atoms with Gasteiger partial charge in [-0.25, -0.2) is 4.98 Å². The molecule has 1 aromatic heterocycles. The zero-order valence-electron chi connectivity index (χ0n) is 8.26. The largest absolute Gasteiger partial charge is 0.446 e. The summed E-state index contributed by atoms with van der Waals surface area (Å²) in [5.41, 5.74) is 1.16. The van der Waals surface area contributed by atoms with Gasteiger partial charge in [-0.15, -0.1) is 0 Å². The molecule has 1 N–H and O–H groups in total. The second kappa shape index (κ2) is 3.50. The number of aromatic nitrogens is 1. The molecule has 1 saturated heterocycles. The summed E-state index contributed by atoms with van der Waals surface area (Å²) in [6, 6.07) is 0. The molecule has 2 heterocycles. The molecule has 1 aromatic rings. The predicted molar refractivity (Wildman–Crippen MR) is 50.8 cm³/mol. The average Bonchev–Trinajstić information content (AvgIpc) is 2.47. The number of piperidine rings is 1. The van der Waals surface area contributed by atoms with Crippen LogP contribution in [-0.4, -0.2) is 18.1 Å². The van der Waals surface area contributed by atoms with E-state index in [-0.39, 0.29) is 0 Å². The zero-order chi connectivity index (χ0) is 9.26. The van der Waals surface area contributed by atoms with Crippen LogP contribution in [0.15, 0.2) is 4.42 Å². The number of rotatable bonds is 1. The van der Waals surface area contributed by atoms with Crippen molar-refractivity contribution < 1.29 is 4.42 Å². The Labute approximate surface area is 78.5 Å². The summed E-state index contributed by atoms with van der Waals surface area (Å²) in [5, 5.41) is 3.39. The Morgan fingerprint density at radius 2 is 2.31 bits per heavy atom. The van der Waals surface area contributed by atoms with Crippen LogP contribution in [0.1, 0.15) is 36.1 Å². The number of oxazole rings is 1. The van der Waals surface area contributed by atoms with Crippen LogP contribution >= 0.6 is 0 Å². The van der Waals surface area contributed by atoms with E-state index in [2.05, 4.69) is 10.3 Å². The molecule has 2 rings (SSSR count). The van der Waals surface area contributed by atoms with Crippen LogP contribution in [0.2, 0.25) is 0 Å². The Bertz CT molecular complexity index is 287. The first-order valence-corrected chi connectivity index (χ1v) is 4.92. The van der Waals surface area contributed by atoms with Gasteiger partial charge < -0.3 is 9.73 Å². The highest BCUT2D eigenvalue weighted by atomic mass is 16.4. The second-order valence-electron chi connectivity index (χ2n) is 3.72. The van der Waals surface area contributed by atoms with Crippen molar-refractivity contribution in [3.8, 4) is 0 Å². The van der Waals surface area contributed by atoms with Crippen LogP contribution in [0.3, 0.4) is 0 Å². The van der Waals surface area contributed by atoms with E-state index in [0.717, 1.165) is 30.4 Å². The Kier molecular flexibility index (Phi) is 2.36. The van der Waals surface area contributed by atoms with Crippen molar-refractivity contribution in [1.29, 1.82) is 0 Å². The van der Waals surface area contributed by atoms with Gasteiger partial charge in [0.15, 0.2) is 5.89 Å². The maximum atomic E-state index is 5.43. The van der Waals surface area contributed by atoms with Gasteiger partial charge in [-0.1, -0.05) is 0 Å². The molecule has 0 aromatic carbocycles. The molecule has 0 amide bonds. The molecule has 0 radical (unpaired) electrons. The smallest absolute Gasteiger partial charge is 0.191 e. The number of nitrogens with zero attached hydrogens (tertiary/aromatic N) is 1. The molecule has 1 aliphatic rings. The molecule has 0 bridgehead atoms. The summed E-state index contributed by atoms with van der Waals surface area (Å²) in [6.07, 6.45) is 2.48. The molecule has 3 heteroatoms. The lowest BCUT2D eigenvalue weighted by Crippen LogP contribution is -2.28. The summed E-state index contributed by atoms with van der Waals surface area (Å²) in [6.45, 7) is 6.11. The summed E-state index contributed by atoms with van der Waals surface area (Å²) in [7, 11) is 0. The first-order valence-electron chi connectivity index (χ1n) is 4.92. The van der Waals surface area contributed by atoms with Crippen LogP contribution in [0, 0.1) is 13.8 Å². The molecular formula is C10H16N2O. The molecule has 13 heavy (non-hydrogen) atoms. The van der Waals surface area contributed by atoms with Crippen molar-refractivity contribution in [3.63, 3.8) is 0 Å². The highest BCUT2D eigenvalue weighted by Crippen LogP contribution is 2.25. The van der Waals surface area contributed by atoms with E-state index in [0.29, 0.717) is 5.92 Å². The molecular weight excluding hydrogens is 164 g/mol. The lowest BCUT2D eigenvalue weighted by Gasteiger charge is -2.21. The van der Waals surface area contributed by atoms with Gasteiger partial charge in [-0.3, -0.25) is 0 Å². The maximum Gasteiger partial charge on any atom is 0.191 e. The molecule has 0 aliphatic carbocycles. The van der Waals surface area contributed by atoms with Gasteiger partial charge in [0.2, 0.25) is 0 Å². The molecule has 1 unspecified atom stereocenters. The minimum absolute atomic E-state index is 0.561. The number of hydrogen-bond acceptors (Lipinski definition) is 3. The fourth-order valence-corrected chi connectivity index (χ4v) is 2.01. The Morgan fingerprint density at radius 3 is 2.85 bits per heavy atom. The zero-order valence-corrected chi connectivity index (χ0v) is 8.26. The van der Waals surface area contributed by atoms with Gasteiger partial charge in [-0.05, 0) is 26.3 Å². The quantitative estimate of drug-likeness (QED) is 0.715. The maximum absolute atomic E-state index is 5.43. The van der Waals surface area contributed by atoms with E-state index in [1.165, 1.54) is 12.8 Å². The van der Waals surface area contributed by atoms with Gasteiger partial charge in [-0.2, -0.15) is 0 Å². The van der Waals surface area contributed by atoms with Crippen molar-refractivity contribution in [2.75, 3.05) is 13.1 Å². The number of nitrogens with one attached hydrogen (secondary N) is 1. The molecule has 72 valence electrons. The molecule has 1 fully saturated rings. The van der Waals surface area contributed by atoms with E-state index < -0.39 is 0 Å². The van der Waals surface area contributed by atoms with Gasteiger partial charge in [0.05, 0.1) is 5.69 Å². The molecule has 0 saturated carbocycles. The first-order chi connectivity index (χ1) is 6.27. The van der Waals surface area contributed by atoms with E-state index in [9.17, 15) is 0 Å². The third-order valence-corrected chi connectivity index (χ3v) is 2.62. The fourth-order valence-electron chi connectivity index (χ4n) is 2.01. The standard InChI is InChI=1S/C10H16N2O/c1-7-10(12-8(2)13-7)9-4-3-5-11-6-9/h9,11H,3-6H2,1-2H3. The molecule has 0 spiro atoms. The Morgan fingerprint density at radius 1 is 1.46 bits per heavy atom. The summed E-state index contributed by atoms with van der Waals surface area (Å²) in [5.74, 6) is 2.34. The van der Waals surface area contributed by atoms with Crippen molar-refractivity contribution in [2.24, 2.45) is 0 Å². The van der Waals surface area contributed by atoms with Gasteiger partial charge in [0.1, 0.15) is 5.76 Å². The van der Waals surface area contributed by atoms with Crippen LogP contribution in [-0.2, 0) is 0 Å². The SMILES string of the molecule is Cc1nc(C2CCCNC2)c(C)o1. The average molecular weight is 180 g/mol. The monoisotopic (exact) mass is 180 g/mol. The van der Waals surface area contributed by atoms with Crippen LogP contribution < -0.4 is 5.32 Å². The highest BCUT2D eigenvalue weighted by Gasteiger charge is 2.20. The molecule has 1 atom stereocenters. The lowest BCUT2D eigenvalue weighted by atomic mass is 9.95. The minimum atomic E-state index is 0.561. The second-order valence-corrected chi connectivity index (χ2v) is 3.72. The normalized spacial score (nSPS) is 23.4. The van der Waals surface area contributed by atoms with Crippen molar-refractivity contribution in [1.82, 2.24) is 10.3 Å². The predicted octanol–water partition coefficient (Wildman–Crippen LogP) is 1.76. The fraction of sp³-hybridized carbons (Fsp3) is 0.700. The summed E-state index contributed by atoms with van der Waals surface area (Å²) in [4.78, 5) is 4.43. The third-order valence-electron chi connectivity index (χ3n) is 2.62. The number of aryl methyl sites for hydroxylation is 2. The molecule has 3 nitrogen and oxygen atoms in total. The van der Waals surface area contributed by atoms with Crippen LogP contribution in [0.4, 0.5) is 0 Å². The minimum Gasteiger partial charge on any atom is -0.446 e.